The number of benzene rings is 1. The first-order chi connectivity index (χ1) is 6.45. The number of fused-ring (bicyclic) bond motifs is 3. The molecule has 0 spiro atoms. The monoisotopic (exact) mass is 168 g/mol. The van der Waals surface area contributed by atoms with E-state index in [1.54, 1.807) is 0 Å². The van der Waals surface area contributed by atoms with Crippen molar-refractivity contribution in [3.63, 3.8) is 0 Å². The highest BCUT2D eigenvalue weighted by molar-refractivity contribution is 6.53. The summed E-state index contributed by atoms with van der Waals surface area (Å²) in [6.45, 7) is 1.18. The number of aryl methyl sites for hydroxylation is 1. The zero-order valence-electron chi connectivity index (χ0n) is 7.53. The van der Waals surface area contributed by atoms with E-state index in [4.69, 9.17) is 0 Å². The molecule has 2 heterocycles. The van der Waals surface area contributed by atoms with Gasteiger partial charge >= 0.3 is 0 Å². The molecule has 1 aromatic heterocycles. The summed E-state index contributed by atoms with van der Waals surface area (Å²) in [5, 5.41) is 1.37. The van der Waals surface area contributed by atoms with Gasteiger partial charge in [0.2, 0.25) is 0 Å². The van der Waals surface area contributed by atoms with Crippen molar-refractivity contribution in [3.05, 3.63) is 30.3 Å². The molecule has 0 N–H and O–H groups in total. The van der Waals surface area contributed by atoms with E-state index in [-0.39, 0.29) is 0 Å². The van der Waals surface area contributed by atoms with E-state index in [2.05, 4.69) is 42.2 Å². The van der Waals surface area contributed by atoms with Crippen LogP contribution in [0.1, 0.15) is 6.42 Å². The van der Waals surface area contributed by atoms with Crippen molar-refractivity contribution in [1.29, 1.82) is 0 Å². The Bertz CT molecular complexity index is 444. The maximum Gasteiger partial charge on any atom is 0.174 e. The van der Waals surface area contributed by atoms with Gasteiger partial charge in [0.25, 0.3) is 0 Å². The lowest BCUT2D eigenvalue weighted by Gasteiger charge is -2.14. The molecule has 63 valence electrons. The smallest absolute Gasteiger partial charge is 0.174 e. The summed E-state index contributed by atoms with van der Waals surface area (Å²) in [6.07, 6.45) is 2.52. The highest BCUT2D eigenvalue weighted by atomic mass is 15.0. The lowest BCUT2D eigenvalue weighted by Crippen LogP contribution is -2.28. The minimum atomic E-state index is 1.18. The van der Waals surface area contributed by atoms with Crippen LogP contribution in [0.2, 0.25) is 6.32 Å². The van der Waals surface area contributed by atoms with Crippen LogP contribution in [0.3, 0.4) is 0 Å². The Hall–Kier alpha value is -1.18. The quantitative estimate of drug-likeness (QED) is 0.528. The van der Waals surface area contributed by atoms with Crippen LogP contribution in [0.15, 0.2) is 30.3 Å². The second kappa shape index (κ2) is 2.66. The largest absolute Gasteiger partial charge is 0.354 e. The van der Waals surface area contributed by atoms with Crippen molar-refractivity contribution in [3.8, 4) is 0 Å². The fourth-order valence-electron chi connectivity index (χ4n) is 2.15. The lowest BCUT2D eigenvalue weighted by molar-refractivity contribution is 0.700. The third-order valence-corrected chi connectivity index (χ3v) is 2.78. The molecule has 1 nitrogen and oxygen atoms in total. The average molecular weight is 168 g/mol. The van der Waals surface area contributed by atoms with Gasteiger partial charge in [-0.2, -0.15) is 0 Å². The summed E-state index contributed by atoms with van der Waals surface area (Å²) in [7, 11) is 2.34. The second-order valence-corrected chi connectivity index (χ2v) is 3.63. The zero-order valence-corrected chi connectivity index (χ0v) is 7.53. The highest BCUT2D eigenvalue weighted by Gasteiger charge is 2.12. The zero-order chi connectivity index (χ0) is 8.67. The number of rotatable bonds is 0. The molecule has 1 radical (unpaired) electrons. The minimum absolute atomic E-state index is 1.18. The van der Waals surface area contributed by atoms with Crippen molar-refractivity contribution in [1.82, 2.24) is 4.57 Å². The predicted molar refractivity (Wildman–Crippen MR) is 56.8 cm³/mol. The van der Waals surface area contributed by atoms with E-state index in [0.717, 1.165) is 0 Å². The first-order valence-corrected chi connectivity index (χ1v) is 4.87. The van der Waals surface area contributed by atoms with Gasteiger partial charge in [-0.25, -0.2) is 0 Å². The minimum Gasteiger partial charge on any atom is -0.354 e. The van der Waals surface area contributed by atoms with Gasteiger partial charge in [-0.3, -0.25) is 0 Å². The fraction of sp³-hybridized carbons (Fsp3) is 0.273. The van der Waals surface area contributed by atoms with Crippen molar-refractivity contribution in [2.24, 2.45) is 0 Å². The van der Waals surface area contributed by atoms with E-state index in [1.165, 1.54) is 35.8 Å². The third kappa shape index (κ3) is 1.01. The molecule has 0 unspecified atom stereocenters. The summed E-state index contributed by atoms with van der Waals surface area (Å²) in [5.41, 5.74) is 2.78. The van der Waals surface area contributed by atoms with Gasteiger partial charge in [0, 0.05) is 12.1 Å². The fourth-order valence-corrected chi connectivity index (χ4v) is 2.15. The average Bonchev–Trinajstić information content (AvgIpc) is 2.56. The Kier molecular flexibility index (Phi) is 1.48. The highest BCUT2D eigenvalue weighted by Crippen LogP contribution is 2.16. The van der Waals surface area contributed by atoms with Gasteiger partial charge in [0.1, 0.15) is 0 Å². The van der Waals surface area contributed by atoms with Gasteiger partial charge in [0.15, 0.2) is 7.28 Å². The molecule has 1 aromatic carbocycles. The van der Waals surface area contributed by atoms with Crippen LogP contribution >= 0.6 is 0 Å². The Morgan fingerprint density at radius 3 is 3.15 bits per heavy atom. The molecule has 2 aromatic rings. The van der Waals surface area contributed by atoms with Crippen LogP contribution in [-0.2, 0) is 6.54 Å². The van der Waals surface area contributed by atoms with Gasteiger partial charge in [-0.05, 0) is 29.5 Å². The van der Waals surface area contributed by atoms with Crippen molar-refractivity contribution in [2.75, 3.05) is 0 Å². The molecule has 0 bridgehead atoms. The molecule has 2 heteroatoms. The summed E-state index contributed by atoms with van der Waals surface area (Å²) in [5.74, 6) is 0. The standard InChI is InChI=1S/C11H11BN/c1-2-5-10-9(4-1)8-11-12-6-3-7-13(10)11/h1-2,4-5,8H,3,6-7H2. The van der Waals surface area contributed by atoms with Crippen molar-refractivity contribution in [2.45, 2.75) is 19.3 Å². The summed E-state index contributed by atoms with van der Waals surface area (Å²) in [4.78, 5) is 0. The Balaban J connectivity index is 2.34. The molecule has 1 aliphatic rings. The van der Waals surface area contributed by atoms with Gasteiger partial charge in [-0.1, -0.05) is 24.5 Å². The maximum absolute atomic E-state index is 2.42. The van der Waals surface area contributed by atoms with Crippen LogP contribution < -0.4 is 5.59 Å². The van der Waals surface area contributed by atoms with Crippen molar-refractivity contribution < 1.29 is 0 Å². The van der Waals surface area contributed by atoms with E-state index >= 15 is 0 Å². The maximum atomic E-state index is 2.42. The van der Waals surface area contributed by atoms with E-state index in [9.17, 15) is 0 Å². The summed E-state index contributed by atoms with van der Waals surface area (Å²) >= 11 is 0. The van der Waals surface area contributed by atoms with Crippen LogP contribution in [-0.4, -0.2) is 11.8 Å². The van der Waals surface area contributed by atoms with Gasteiger partial charge in [0.05, 0.1) is 0 Å². The van der Waals surface area contributed by atoms with Crippen LogP contribution in [0, 0.1) is 0 Å². The van der Waals surface area contributed by atoms with Crippen LogP contribution in [0.4, 0.5) is 0 Å². The second-order valence-electron chi connectivity index (χ2n) is 3.63. The van der Waals surface area contributed by atoms with E-state index in [0.29, 0.717) is 0 Å². The SMILES string of the molecule is [B]1CCCn2c1cc1ccccc12. The third-order valence-electron chi connectivity index (χ3n) is 2.78. The molecule has 0 saturated carbocycles. The molecule has 13 heavy (non-hydrogen) atoms. The van der Waals surface area contributed by atoms with Crippen LogP contribution in [0.25, 0.3) is 10.9 Å². The van der Waals surface area contributed by atoms with Crippen LogP contribution in [0.5, 0.6) is 0 Å². The molecule has 0 fully saturated rings. The Labute approximate surface area is 78.6 Å². The number of hydrogen-bond donors (Lipinski definition) is 0. The number of para-hydroxylation sites is 1. The number of hydrogen-bond acceptors (Lipinski definition) is 0. The Morgan fingerprint density at radius 2 is 2.15 bits per heavy atom. The summed E-state index contributed by atoms with van der Waals surface area (Å²) < 4.78 is 2.42. The summed E-state index contributed by atoms with van der Waals surface area (Å²) in [6, 6.07) is 10.9. The Morgan fingerprint density at radius 1 is 1.23 bits per heavy atom. The molecular weight excluding hydrogens is 157 g/mol. The lowest BCUT2D eigenvalue weighted by atomic mass is 9.68. The molecular formula is C11H11BN. The normalized spacial score (nSPS) is 15.4. The first-order valence-electron chi connectivity index (χ1n) is 4.87. The molecule has 0 atom stereocenters. The molecule has 0 amide bonds. The first kappa shape index (κ1) is 7.25. The van der Waals surface area contributed by atoms with E-state index < -0.39 is 0 Å². The topological polar surface area (TPSA) is 4.93 Å². The van der Waals surface area contributed by atoms with Gasteiger partial charge in [-0.15, -0.1) is 0 Å². The van der Waals surface area contributed by atoms with Gasteiger partial charge < -0.3 is 4.57 Å². The molecule has 0 saturated heterocycles. The predicted octanol–water partition coefficient (Wildman–Crippen LogP) is 1.79. The number of aromatic nitrogens is 1. The van der Waals surface area contributed by atoms with Crippen molar-refractivity contribution >= 4 is 23.8 Å². The number of nitrogens with zero attached hydrogens (tertiary/aromatic N) is 1. The molecule has 3 rings (SSSR count). The molecule has 0 aliphatic carbocycles. The molecule has 1 aliphatic heterocycles. The van der Waals surface area contributed by atoms with E-state index in [1.807, 2.05) is 0 Å².